The minimum absolute atomic E-state index is 0. The van der Waals surface area contributed by atoms with Gasteiger partial charge in [0.2, 0.25) is 0 Å². The van der Waals surface area contributed by atoms with Crippen molar-refractivity contribution in [2.75, 3.05) is 6.54 Å². The van der Waals surface area contributed by atoms with Gasteiger partial charge in [0, 0.05) is 5.56 Å². The minimum Gasteiger partial charge on any atom is -0.480 e. The first-order valence-corrected chi connectivity index (χ1v) is 7.87. The number of aliphatic carboxylic acids is 1. The van der Waals surface area contributed by atoms with E-state index in [0.717, 1.165) is 24.7 Å². The third-order valence-corrected chi connectivity index (χ3v) is 3.44. The SMILES string of the molecule is N.NCCCC[C@@H](N)C(=O)O.O=Cc1ccc(-c2ccccc2)cc1. The molecule has 25 heavy (non-hydrogen) atoms. The lowest BCUT2D eigenvalue weighted by Crippen LogP contribution is -2.29. The molecule has 0 bridgehead atoms. The summed E-state index contributed by atoms with van der Waals surface area (Å²) in [7, 11) is 0. The van der Waals surface area contributed by atoms with Gasteiger partial charge in [-0.15, -0.1) is 0 Å². The third kappa shape index (κ3) is 8.76. The maximum atomic E-state index is 10.5. The number of carboxylic acids is 1. The molecule has 0 radical (unpaired) electrons. The standard InChI is InChI=1S/C13H10O.C6H14N2O2.H3N/c14-10-11-6-8-13(9-7-11)12-4-2-1-3-5-12;7-4-2-1-3-5(8)6(9)10;/h1-10H;5H,1-4,7-8H2,(H,9,10);1H3/t;5-;/m.1./s1. The molecule has 0 unspecified atom stereocenters. The lowest BCUT2D eigenvalue weighted by Gasteiger charge is -2.03. The number of rotatable bonds is 7. The maximum absolute atomic E-state index is 10.5. The molecule has 0 saturated carbocycles. The molecule has 0 aliphatic carbocycles. The molecule has 8 N–H and O–H groups in total. The summed E-state index contributed by atoms with van der Waals surface area (Å²) in [5.74, 6) is -0.933. The first-order chi connectivity index (χ1) is 11.6. The molecule has 1 atom stereocenters. The normalized spacial score (nSPS) is 10.6. The van der Waals surface area contributed by atoms with Crippen LogP contribution in [0.2, 0.25) is 0 Å². The fourth-order valence-electron chi connectivity index (χ4n) is 2.02. The van der Waals surface area contributed by atoms with Gasteiger partial charge in [-0.3, -0.25) is 9.59 Å². The molecule has 0 saturated heterocycles. The maximum Gasteiger partial charge on any atom is 0.320 e. The Morgan fingerprint density at radius 3 is 2.04 bits per heavy atom. The summed E-state index contributed by atoms with van der Waals surface area (Å²) >= 11 is 0. The molecule has 0 amide bonds. The Hall–Kier alpha value is -2.54. The smallest absolute Gasteiger partial charge is 0.320 e. The first-order valence-electron chi connectivity index (χ1n) is 7.87. The number of hydrogen-bond acceptors (Lipinski definition) is 5. The van der Waals surface area contributed by atoms with E-state index in [1.54, 1.807) is 0 Å². The molecule has 2 aromatic rings. The third-order valence-electron chi connectivity index (χ3n) is 3.44. The highest BCUT2D eigenvalue weighted by atomic mass is 16.4. The van der Waals surface area contributed by atoms with E-state index in [1.165, 1.54) is 5.56 Å². The Morgan fingerprint density at radius 1 is 1.00 bits per heavy atom. The van der Waals surface area contributed by atoms with Crippen molar-refractivity contribution in [1.82, 2.24) is 6.15 Å². The molecule has 2 rings (SSSR count). The zero-order chi connectivity index (χ0) is 17.8. The molecule has 0 aromatic heterocycles. The van der Waals surface area contributed by atoms with E-state index < -0.39 is 12.0 Å². The number of hydrogen-bond donors (Lipinski definition) is 4. The van der Waals surface area contributed by atoms with E-state index in [2.05, 4.69) is 12.1 Å². The van der Waals surface area contributed by atoms with Crippen molar-refractivity contribution in [3.63, 3.8) is 0 Å². The van der Waals surface area contributed by atoms with E-state index in [1.807, 2.05) is 42.5 Å². The van der Waals surface area contributed by atoms with Crippen LogP contribution in [0.1, 0.15) is 29.6 Å². The number of carbonyl (C=O) groups excluding carboxylic acids is 1. The number of carbonyl (C=O) groups is 2. The zero-order valence-electron chi connectivity index (χ0n) is 14.3. The van der Waals surface area contributed by atoms with Crippen LogP contribution in [0.15, 0.2) is 54.6 Å². The fourth-order valence-corrected chi connectivity index (χ4v) is 2.02. The van der Waals surface area contributed by atoms with Gasteiger partial charge in [0.1, 0.15) is 12.3 Å². The molecular weight excluding hydrogens is 318 g/mol. The topological polar surface area (TPSA) is 141 Å². The van der Waals surface area contributed by atoms with Gasteiger partial charge in [-0.05, 0) is 30.5 Å². The molecular formula is C19H27N3O3. The van der Waals surface area contributed by atoms with Crippen LogP contribution in [-0.4, -0.2) is 29.9 Å². The molecule has 0 aliphatic rings. The second-order valence-electron chi connectivity index (χ2n) is 5.34. The van der Waals surface area contributed by atoms with Gasteiger partial charge in [-0.2, -0.15) is 0 Å². The number of unbranched alkanes of at least 4 members (excludes halogenated alkanes) is 1. The molecule has 0 aliphatic heterocycles. The van der Waals surface area contributed by atoms with Gasteiger partial charge < -0.3 is 22.7 Å². The van der Waals surface area contributed by atoms with Crippen LogP contribution in [0.5, 0.6) is 0 Å². The number of benzene rings is 2. The summed E-state index contributed by atoms with van der Waals surface area (Å²) < 4.78 is 0. The van der Waals surface area contributed by atoms with Crippen molar-refractivity contribution < 1.29 is 14.7 Å². The molecule has 2 aromatic carbocycles. The second-order valence-corrected chi connectivity index (χ2v) is 5.34. The Balaban J connectivity index is 0.000000471. The van der Waals surface area contributed by atoms with Crippen LogP contribution in [0.4, 0.5) is 0 Å². The molecule has 136 valence electrons. The summed E-state index contributed by atoms with van der Waals surface area (Å²) in [5.41, 5.74) is 13.4. The molecule has 0 spiro atoms. The Morgan fingerprint density at radius 2 is 1.56 bits per heavy atom. The van der Waals surface area contributed by atoms with Gasteiger partial charge in [0.05, 0.1) is 0 Å². The predicted octanol–water partition coefficient (Wildman–Crippen LogP) is 2.86. The monoisotopic (exact) mass is 345 g/mol. The van der Waals surface area contributed by atoms with Gasteiger partial charge >= 0.3 is 5.97 Å². The Kier molecular flexibility index (Phi) is 11.5. The van der Waals surface area contributed by atoms with E-state index in [9.17, 15) is 9.59 Å². The van der Waals surface area contributed by atoms with E-state index in [4.69, 9.17) is 16.6 Å². The molecule has 6 nitrogen and oxygen atoms in total. The Labute approximate surface area is 148 Å². The molecule has 0 fully saturated rings. The van der Waals surface area contributed by atoms with Crippen LogP contribution >= 0.6 is 0 Å². The van der Waals surface area contributed by atoms with Gasteiger partial charge in [0.15, 0.2) is 0 Å². The van der Waals surface area contributed by atoms with Crippen LogP contribution < -0.4 is 17.6 Å². The highest BCUT2D eigenvalue weighted by molar-refractivity contribution is 5.76. The molecule has 0 heterocycles. The lowest BCUT2D eigenvalue weighted by atomic mass is 10.0. The number of aldehydes is 1. The van der Waals surface area contributed by atoms with Crippen LogP contribution in [0, 0.1) is 0 Å². The number of nitrogens with two attached hydrogens (primary N) is 2. The van der Waals surface area contributed by atoms with E-state index in [-0.39, 0.29) is 6.15 Å². The average Bonchev–Trinajstić information content (AvgIpc) is 2.63. The fraction of sp³-hybridized carbons (Fsp3) is 0.263. The first kappa shape index (κ1) is 22.5. The minimum atomic E-state index is -0.933. The lowest BCUT2D eigenvalue weighted by molar-refractivity contribution is -0.138. The van der Waals surface area contributed by atoms with Crippen molar-refractivity contribution in [3.8, 4) is 11.1 Å². The van der Waals surface area contributed by atoms with Crippen molar-refractivity contribution >= 4 is 12.3 Å². The van der Waals surface area contributed by atoms with Crippen molar-refractivity contribution in [1.29, 1.82) is 0 Å². The van der Waals surface area contributed by atoms with Crippen LogP contribution in [0.3, 0.4) is 0 Å². The molecule has 6 heteroatoms. The number of carboxylic acid groups (broad SMARTS) is 1. The van der Waals surface area contributed by atoms with Gasteiger partial charge in [-0.1, -0.05) is 61.0 Å². The summed E-state index contributed by atoms with van der Waals surface area (Å²) in [6.45, 7) is 0.604. The largest absolute Gasteiger partial charge is 0.480 e. The van der Waals surface area contributed by atoms with Gasteiger partial charge in [-0.25, -0.2) is 0 Å². The summed E-state index contributed by atoms with van der Waals surface area (Å²) in [6, 6.07) is 17.0. The highest BCUT2D eigenvalue weighted by Crippen LogP contribution is 2.18. The summed E-state index contributed by atoms with van der Waals surface area (Å²) in [5, 5.41) is 8.33. The second kappa shape index (κ2) is 12.8. The quantitative estimate of drug-likeness (QED) is 0.449. The Bertz CT molecular complexity index is 616. The van der Waals surface area contributed by atoms with Crippen LogP contribution in [-0.2, 0) is 4.79 Å². The van der Waals surface area contributed by atoms with E-state index >= 15 is 0 Å². The van der Waals surface area contributed by atoms with E-state index in [0.29, 0.717) is 18.5 Å². The van der Waals surface area contributed by atoms with Crippen molar-refractivity contribution in [3.05, 3.63) is 60.2 Å². The van der Waals surface area contributed by atoms with Crippen molar-refractivity contribution in [2.45, 2.75) is 25.3 Å². The average molecular weight is 345 g/mol. The van der Waals surface area contributed by atoms with Gasteiger partial charge in [0.25, 0.3) is 0 Å². The zero-order valence-corrected chi connectivity index (χ0v) is 14.3. The highest BCUT2D eigenvalue weighted by Gasteiger charge is 2.09. The summed E-state index contributed by atoms with van der Waals surface area (Å²) in [4.78, 5) is 20.6. The predicted molar refractivity (Wildman–Crippen MR) is 101 cm³/mol. The van der Waals surface area contributed by atoms with Crippen molar-refractivity contribution in [2.24, 2.45) is 11.5 Å². The summed E-state index contributed by atoms with van der Waals surface area (Å²) in [6.07, 6.45) is 3.02. The van der Waals surface area contributed by atoms with Crippen LogP contribution in [0.25, 0.3) is 11.1 Å².